The number of nitrogens with zero attached hydrogens (tertiary/aromatic N) is 1. The molecule has 0 bridgehead atoms. The Morgan fingerprint density at radius 1 is 0.481 bits per heavy atom. The molecule has 0 unspecified atom stereocenters. The molecule has 0 aromatic heterocycles. The first-order valence-corrected chi connectivity index (χ1v) is 25.2. The molecule has 0 radical (unpaired) electrons. The molecule has 0 fully saturated rings. The second-order valence-electron chi connectivity index (χ2n) is 16.5. The van der Waals surface area contributed by atoms with Crippen LogP contribution < -0.4 is 0 Å². The Labute approximate surface area is 338 Å². The van der Waals surface area contributed by atoms with Crippen molar-refractivity contribution in [1.29, 1.82) is 0 Å². The summed E-state index contributed by atoms with van der Waals surface area (Å²) in [6.45, 7) is 11.1. The molecule has 0 aliphatic rings. The maximum atomic E-state index is 12.2. The molecular formula is C48H92NO4P. The third-order valence-corrected chi connectivity index (χ3v) is 13.7. The van der Waals surface area contributed by atoms with Gasteiger partial charge in [-0.15, -0.1) is 7.92 Å². The number of carbonyl (C=O) groups excluding carboxylic acids is 2. The number of rotatable bonds is 41. The van der Waals surface area contributed by atoms with E-state index in [0.717, 1.165) is 50.4 Å². The Bertz CT molecular complexity index is 797. The van der Waals surface area contributed by atoms with Crippen molar-refractivity contribution >= 4 is 19.9 Å². The van der Waals surface area contributed by atoms with Gasteiger partial charge in [0.05, 0.1) is 0 Å². The van der Waals surface area contributed by atoms with Crippen LogP contribution in [0.25, 0.3) is 0 Å². The van der Waals surface area contributed by atoms with Gasteiger partial charge in [0.2, 0.25) is 0 Å². The van der Waals surface area contributed by atoms with Crippen LogP contribution in [0.2, 0.25) is 0 Å². The number of hydrogen-bond acceptors (Lipinski definition) is 5. The molecule has 0 aliphatic heterocycles. The summed E-state index contributed by atoms with van der Waals surface area (Å²) in [5, 5.41) is 0. The molecule has 6 heteroatoms. The summed E-state index contributed by atoms with van der Waals surface area (Å²) in [5.41, 5.74) is 0. The predicted molar refractivity (Wildman–Crippen MR) is 239 cm³/mol. The molecule has 5 nitrogen and oxygen atoms in total. The first kappa shape index (κ1) is 52.8. The van der Waals surface area contributed by atoms with Crippen molar-refractivity contribution in [2.45, 2.75) is 207 Å². The van der Waals surface area contributed by atoms with Crippen molar-refractivity contribution in [3.63, 3.8) is 0 Å². The van der Waals surface area contributed by atoms with Gasteiger partial charge in [-0.25, -0.2) is 0 Å². The average molecular weight is 778 g/mol. The van der Waals surface area contributed by atoms with Gasteiger partial charge in [-0.1, -0.05) is 168 Å². The summed E-state index contributed by atoms with van der Waals surface area (Å²) in [4.78, 5) is 26.8. The number of unbranched alkanes of at least 4 members (excludes halogenated alkanes) is 13. The van der Waals surface area contributed by atoms with Crippen LogP contribution in [-0.4, -0.2) is 69.2 Å². The summed E-state index contributed by atoms with van der Waals surface area (Å²) >= 11 is 0. The highest BCUT2D eigenvalue weighted by atomic mass is 31.1. The predicted octanol–water partition coefficient (Wildman–Crippen LogP) is 14.5. The number of ether oxygens (including phenoxy) is 2. The van der Waals surface area contributed by atoms with E-state index >= 15 is 0 Å². The maximum absolute atomic E-state index is 12.2. The van der Waals surface area contributed by atoms with Gasteiger partial charge in [0.1, 0.15) is 13.2 Å². The van der Waals surface area contributed by atoms with E-state index in [1.165, 1.54) is 153 Å². The molecule has 54 heavy (non-hydrogen) atoms. The molecule has 0 rings (SSSR count). The molecule has 0 saturated heterocycles. The molecule has 0 N–H and O–H groups in total. The van der Waals surface area contributed by atoms with E-state index in [4.69, 9.17) is 9.47 Å². The van der Waals surface area contributed by atoms with Crippen molar-refractivity contribution in [2.24, 2.45) is 11.8 Å². The normalized spacial score (nSPS) is 12.1. The van der Waals surface area contributed by atoms with E-state index in [9.17, 15) is 9.59 Å². The summed E-state index contributed by atoms with van der Waals surface area (Å²) < 4.78 is 11.0. The third kappa shape index (κ3) is 37.7. The second-order valence-corrected chi connectivity index (χ2v) is 19.2. The highest BCUT2D eigenvalue weighted by Gasteiger charge is 2.10. The van der Waals surface area contributed by atoms with Gasteiger partial charge in [0, 0.05) is 12.8 Å². The van der Waals surface area contributed by atoms with Crippen LogP contribution >= 0.6 is 7.92 Å². The summed E-state index contributed by atoms with van der Waals surface area (Å²) in [6.07, 6.45) is 46.3. The first-order valence-electron chi connectivity index (χ1n) is 23.3. The van der Waals surface area contributed by atoms with Crippen LogP contribution in [0.4, 0.5) is 0 Å². The van der Waals surface area contributed by atoms with E-state index in [0.29, 0.717) is 26.1 Å². The standard InChI is InChI=1S/C48H92NO4P/c1-7-11-31-45(32-12-8-2)35-23-26-40-52-47(50)37-21-17-15-19-28-42-54(44-30-25-39-49(5)6)43-29-20-16-18-22-38-48(51)53-41-27-24-36-46(33-13-9-3)34-14-10-4/h23-24,26-27,45-46H,7-22,25,28-44H2,1-6H3/b26-23-,27-24-. The molecular weight excluding hydrogens is 686 g/mol. The minimum absolute atomic E-state index is 0.0405. The molecule has 0 amide bonds. The van der Waals surface area contributed by atoms with Crippen LogP contribution in [0.15, 0.2) is 24.3 Å². The highest BCUT2D eigenvalue weighted by molar-refractivity contribution is 7.57. The molecule has 0 aromatic carbocycles. The van der Waals surface area contributed by atoms with Crippen molar-refractivity contribution < 1.29 is 19.1 Å². The van der Waals surface area contributed by atoms with E-state index in [1.54, 1.807) is 0 Å². The van der Waals surface area contributed by atoms with Crippen molar-refractivity contribution in [2.75, 3.05) is 52.3 Å². The van der Waals surface area contributed by atoms with Gasteiger partial charge in [0.25, 0.3) is 0 Å². The Kier molecular flexibility index (Phi) is 40.5. The van der Waals surface area contributed by atoms with Crippen LogP contribution in [0.3, 0.4) is 0 Å². The lowest BCUT2D eigenvalue weighted by molar-refractivity contribution is -0.143. The molecule has 0 heterocycles. The van der Waals surface area contributed by atoms with E-state index < -0.39 is 0 Å². The average Bonchev–Trinajstić information content (AvgIpc) is 3.16. The van der Waals surface area contributed by atoms with Gasteiger partial charge >= 0.3 is 11.9 Å². The quantitative estimate of drug-likeness (QED) is 0.0268. The van der Waals surface area contributed by atoms with Crippen LogP contribution in [-0.2, 0) is 19.1 Å². The van der Waals surface area contributed by atoms with Crippen molar-refractivity contribution in [1.82, 2.24) is 4.90 Å². The minimum atomic E-state index is -0.0405. The van der Waals surface area contributed by atoms with Gasteiger partial charge in [0.15, 0.2) is 0 Å². The van der Waals surface area contributed by atoms with Crippen molar-refractivity contribution in [3.05, 3.63) is 24.3 Å². The molecule has 318 valence electrons. The fourth-order valence-electron chi connectivity index (χ4n) is 7.24. The van der Waals surface area contributed by atoms with Gasteiger partial charge in [-0.3, -0.25) is 9.59 Å². The van der Waals surface area contributed by atoms with Crippen molar-refractivity contribution in [3.8, 4) is 0 Å². The largest absolute Gasteiger partial charge is 0.461 e. The third-order valence-electron chi connectivity index (χ3n) is 10.9. The fraction of sp³-hybridized carbons (Fsp3) is 0.875. The lowest BCUT2D eigenvalue weighted by Crippen LogP contribution is -2.13. The van der Waals surface area contributed by atoms with E-state index in [-0.39, 0.29) is 19.9 Å². The van der Waals surface area contributed by atoms with Crippen LogP contribution in [0, 0.1) is 11.8 Å². The van der Waals surface area contributed by atoms with E-state index in [1.807, 2.05) is 0 Å². The lowest BCUT2D eigenvalue weighted by atomic mass is 9.93. The Hall–Kier alpha value is -1.19. The van der Waals surface area contributed by atoms with Gasteiger partial charge in [-0.05, 0) is 102 Å². The van der Waals surface area contributed by atoms with Crippen LogP contribution in [0.1, 0.15) is 207 Å². The number of carbonyl (C=O) groups is 2. The zero-order valence-corrected chi connectivity index (χ0v) is 37.9. The SMILES string of the molecule is CCCCC(C/C=C\COC(=O)CCCCCCCP(CCCCCCCC(=O)OC/C=C\CC(CCCC)CCCC)CCCCN(C)C)CCCC. The first-order chi connectivity index (χ1) is 26.4. The number of hydrogen-bond donors (Lipinski definition) is 0. The topological polar surface area (TPSA) is 55.8 Å². The summed E-state index contributed by atoms with van der Waals surface area (Å²) in [5.74, 6) is 1.48. The zero-order valence-electron chi connectivity index (χ0n) is 37.0. The number of esters is 2. The summed E-state index contributed by atoms with van der Waals surface area (Å²) in [7, 11) is 4.47. The molecule has 0 atom stereocenters. The fourth-order valence-corrected chi connectivity index (χ4v) is 9.92. The number of allylic oxidation sites excluding steroid dienone is 2. The molecule has 0 spiro atoms. The Morgan fingerprint density at radius 3 is 1.20 bits per heavy atom. The Balaban J connectivity index is 4.13. The smallest absolute Gasteiger partial charge is 0.306 e. The Morgan fingerprint density at radius 2 is 0.833 bits per heavy atom. The van der Waals surface area contributed by atoms with Gasteiger partial charge < -0.3 is 14.4 Å². The highest BCUT2D eigenvalue weighted by Crippen LogP contribution is 2.39. The monoisotopic (exact) mass is 778 g/mol. The zero-order chi connectivity index (χ0) is 39.7. The maximum Gasteiger partial charge on any atom is 0.306 e. The molecule has 0 aliphatic carbocycles. The van der Waals surface area contributed by atoms with Crippen LogP contribution in [0.5, 0.6) is 0 Å². The minimum Gasteiger partial charge on any atom is -0.461 e. The summed E-state index contributed by atoms with van der Waals surface area (Å²) in [6, 6.07) is 0. The second kappa shape index (κ2) is 41.4. The molecule has 0 aromatic rings. The lowest BCUT2D eigenvalue weighted by Gasteiger charge is -2.18. The van der Waals surface area contributed by atoms with Gasteiger partial charge in [-0.2, -0.15) is 0 Å². The van der Waals surface area contributed by atoms with E-state index in [2.05, 4.69) is 71.0 Å². The molecule has 0 saturated carbocycles.